The number of benzene rings is 1. The van der Waals surface area contributed by atoms with Crippen LogP contribution in [0.2, 0.25) is 0 Å². The number of nitro groups is 1. The van der Waals surface area contributed by atoms with Crippen molar-refractivity contribution >= 4 is 11.4 Å². The van der Waals surface area contributed by atoms with E-state index in [1.54, 1.807) is 12.1 Å². The molecule has 0 amide bonds. The Labute approximate surface area is 107 Å². The number of nitrogens with zero attached hydrogens (tertiary/aromatic N) is 2. The first-order valence-corrected chi connectivity index (χ1v) is 6.15. The number of non-ortho nitro benzene ring substituents is 1. The molecular formula is C13H19N3O2. The lowest BCUT2D eigenvalue weighted by molar-refractivity contribution is -0.384. The van der Waals surface area contributed by atoms with E-state index in [1.165, 1.54) is 6.07 Å². The standard InChI is InChI=1S/C13H19N3O2/c1-13(2)9-15(7-6-12(13)14)10-4-3-5-11(8-10)16(17)18/h3-5,8,12H,6-7,9,14H2,1-2H3. The Bertz CT molecular complexity index is 459. The molecule has 1 heterocycles. The average Bonchev–Trinajstić information content (AvgIpc) is 2.33. The van der Waals surface area contributed by atoms with Gasteiger partial charge < -0.3 is 10.6 Å². The van der Waals surface area contributed by atoms with Crippen molar-refractivity contribution in [3.05, 3.63) is 34.4 Å². The van der Waals surface area contributed by atoms with Gasteiger partial charge >= 0.3 is 0 Å². The van der Waals surface area contributed by atoms with Crippen LogP contribution in [-0.2, 0) is 0 Å². The fourth-order valence-corrected chi connectivity index (χ4v) is 2.40. The van der Waals surface area contributed by atoms with Crippen LogP contribution in [0.4, 0.5) is 11.4 Å². The van der Waals surface area contributed by atoms with Gasteiger partial charge in [-0.25, -0.2) is 0 Å². The Morgan fingerprint density at radius 3 is 2.83 bits per heavy atom. The molecule has 1 atom stereocenters. The molecule has 1 aliphatic heterocycles. The van der Waals surface area contributed by atoms with Crippen LogP contribution in [0.25, 0.3) is 0 Å². The van der Waals surface area contributed by atoms with Crippen LogP contribution in [0, 0.1) is 15.5 Å². The molecule has 5 heteroatoms. The highest BCUT2D eigenvalue weighted by Gasteiger charge is 2.33. The smallest absolute Gasteiger partial charge is 0.271 e. The van der Waals surface area contributed by atoms with E-state index < -0.39 is 0 Å². The molecule has 0 radical (unpaired) electrons. The van der Waals surface area contributed by atoms with E-state index >= 15 is 0 Å². The third-order valence-corrected chi connectivity index (χ3v) is 3.72. The Hall–Kier alpha value is -1.62. The number of hydrogen-bond acceptors (Lipinski definition) is 4. The summed E-state index contributed by atoms with van der Waals surface area (Å²) in [6.45, 7) is 5.96. The molecule has 0 bridgehead atoms. The first-order chi connectivity index (χ1) is 8.40. The predicted molar refractivity (Wildman–Crippen MR) is 71.7 cm³/mol. The van der Waals surface area contributed by atoms with Crippen LogP contribution in [0.3, 0.4) is 0 Å². The van der Waals surface area contributed by atoms with Crippen LogP contribution < -0.4 is 10.6 Å². The maximum atomic E-state index is 10.8. The number of nitrogens with two attached hydrogens (primary N) is 1. The summed E-state index contributed by atoms with van der Waals surface area (Å²) in [7, 11) is 0. The van der Waals surface area contributed by atoms with Gasteiger partial charge in [-0.15, -0.1) is 0 Å². The summed E-state index contributed by atoms with van der Waals surface area (Å²) >= 11 is 0. The van der Waals surface area contributed by atoms with Gasteiger partial charge in [0.25, 0.3) is 5.69 Å². The Kier molecular flexibility index (Phi) is 3.26. The van der Waals surface area contributed by atoms with Gasteiger partial charge in [-0.05, 0) is 17.9 Å². The van der Waals surface area contributed by atoms with Crippen LogP contribution in [-0.4, -0.2) is 24.1 Å². The second-order valence-electron chi connectivity index (χ2n) is 5.58. The molecule has 0 saturated carbocycles. The van der Waals surface area contributed by atoms with Crippen molar-refractivity contribution in [2.75, 3.05) is 18.0 Å². The van der Waals surface area contributed by atoms with Gasteiger partial charge in [0.1, 0.15) is 0 Å². The fourth-order valence-electron chi connectivity index (χ4n) is 2.40. The molecular weight excluding hydrogens is 230 g/mol. The highest BCUT2D eigenvalue weighted by atomic mass is 16.6. The zero-order valence-electron chi connectivity index (χ0n) is 10.8. The van der Waals surface area contributed by atoms with Crippen LogP contribution in [0.5, 0.6) is 0 Å². The lowest BCUT2D eigenvalue weighted by atomic mass is 9.79. The maximum absolute atomic E-state index is 10.8. The predicted octanol–water partition coefficient (Wildman–Crippen LogP) is 2.16. The van der Waals surface area contributed by atoms with Gasteiger partial charge in [0, 0.05) is 37.0 Å². The average molecular weight is 249 g/mol. The highest BCUT2D eigenvalue weighted by molar-refractivity contribution is 5.53. The molecule has 2 N–H and O–H groups in total. The summed E-state index contributed by atoms with van der Waals surface area (Å²) < 4.78 is 0. The van der Waals surface area contributed by atoms with E-state index in [0.29, 0.717) is 0 Å². The molecule has 2 rings (SSSR count). The molecule has 0 aliphatic carbocycles. The molecule has 98 valence electrons. The summed E-state index contributed by atoms with van der Waals surface area (Å²) in [6.07, 6.45) is 0.912. The van der Waals surface area contributed by atoms with E-state index in [-0.39, 0.29) is 22.1 Å². The molecule has 1 fully saturated rings. The van der Waals surface area contributed by atoms with Gasteiger partial charge in [0.15, 0.2) is 0 Å². The first-order valence-electron chi connectivity index (χ1n) is 6.15. The first kappa shape index (κ1) is 12.8. The van der Waals surface area contributed by atoms with Crippen molar-refractivity contribution in [3.63, 3.8) is 0 Å². The number of rotatable bonds is 2. The topological polar surface area (TPSA) is 72.4 Å². The zero-order chi connectivity index (χ0) is 13.3. The van der Waals surface area contributed by atoms with Crippen LogP contribution >= 0.6 is 0 Å². The Balaban J connectivity index is 2.22. The molecule has 0 aromatic heterocycles. The number of anilines is 1. The maximum Gasteiger partial charge on any atom is 0.271 e. The molecule has 1 aromatic carbocycles. The lowest BCUT2D eigenvalue weighted by Gasteiger charge is -2.43. The summed E-state index contributed by atoms with van der Waals surface area (Å²) in [5.41, 5.74) is 7.17. The fraction of sp³-hybridized carbons (Fsp3) is 0.538. The minimum absolute atomic E-state index is 0.0306. The van der Waals surface area contributed by atoms with E-state index in [2.05, 4.69) is 18.7 Å². The van der Waals surface area contributed by atoms with Crippen molar-refractivity contribution < 1.29 is 4.92 Å². The number of piperidine rings is 1. The van der Waals surface area contributed by atoms with Gasteiger partial charge in [-0.2, -0.15) is 0 Å². The zero-order valence-corrected chi connectivity index (χ0v) is 10.8. The van der Waals surface area contributed by atoms with Gasteiger partial charge in [0.05, 0.1) is 4.92 Å². The monoisotopic (exact) mass is 249 g/mol. The van der Waals surface area contributed by atoms with Gasteiger partial charge in [0.2, 0.25) is 0 Å². The third kappa shape index (κ3) is 2.46. The Morgan fingerprint density at radius 1 is 1.50 bits per heavy atom. The second-order valence-corrected chi connectivity index (χ2v) is 5.58. The summed E-state index contributed by atoms with van der Waals surface area (Å²) in [6, 6.07) is 6.99. The second kappa shape index (κ2) is 4.57. The Morgan fingerprint density at radius 2 is 2.22 bits per heavy atom. The van der Waals surface area contributed by atoms with Crippen LogP contribution in [0.15, 0.2) is 24.3 Å². The van der Waals surface area contributed by atoms with Crippen molar-refractivity contribution in [1.29, 1.82) is 0 Å². The molecule has 0 spiro atoms. The molecule has 1 unspecified atom stereocenters. The molecule has 18 heavy (non-hydrogen) atoms. The van der Waals surface area contributed by atoms with Crippen molar-refractivity contribution in [2.24, 2.45) is 11.1 Å². The number of nitro benzene ring substituents is 1. The third-order valence-electron chi connectivity index (χ3n) is 3.72. The summed E-state index contributed by atoms with van der Waals surface area (Å²) in [4.78, 5) is 12.6. The van der Waals surface area contributed by atoms with E-state index in [1.807, 2.05) is 6.07 Å². The SMILES string of the molecule is CC1(C)CN(c2cccc([N+](=O)[O-])c2)CCC1N. The minimum Gasteiger partial charge on any atom is -0.371 e. The summed E-state index contributed by atoms with van der Waals surface area (Å²) in [5.74, 6) is 0. The van der Waals surface area contributed by atoms with Crippen molar-refractivity contribution in [3.8, 4) is 0 Å². The quantitative estimate of drug-likeness (QED) is 0.644. The number of hydrogen-bond donors (Lipinski definition) is 1. The molecule has 1 aromatic rings. The molecule has 5 nitrogen and oxygen atoms in total. The van der Waals surface area contributed by atoms with E-state index in [4.69, 9.17) is 5.73 Å². The molecule has 1 aliphatic rings. The minimum atomic E-state index is -0.357. The lowest BCUT2D eigenvalue weighted by Crippen LogP contribution is -2.52. The molecule has 1 saturated heterocycles. The van der Waals surface area contributed by atoms with Gasteiger partial charge in [-0.1, -0.05) is 19.9 Å². The van der Waals surface area contributed by atoms with E-state index in [9.17, 15) is 10.1 Å². The van der Waals surface area contributed by atoms with Crippen LogP contribution in [0.1, 0.15) is 20.3 Å². The summed E-state index contributed by atoms with van der Waals surface area (Å²) in [5, 5.41) is 10.8. The normalized spacial score (nSPS) is 22.8. The van der Waals surface area contributed by atoms with Crippen molar-refractivity contribution in [1.82, 2.24) is 0 Å². The van der Waals surface area contributed by atoms with Gasteiger partial charge in [-0.3, -0.25) is 10.1 Å². The largest absolute Gasteiger partial charge is 0.371 e. The van der Waals surface area contributed by atoms with Crippen molar-refractivity contribution in [2.45, 2.75) is 26.3 Å². The highest BCUT2D eigenvalue weighted by Crippen LogP contribution is 2.32. The van der Waals surface area contributed by atoms with E-state index in [0.717, 1.165) is 25.2 Å².